The molecule has 0 spiro atoms. The third-order valence-corrected chi connectivity index (χ3v) is 6.30. The standard InChI is InChI=1S/C25H27F2N5O3S/c1-25(2,3)35-24(34)29-15-6-5-11-32(13-15)20-9-10-28-12-18(20)30-22(33)19-14-36-23(31-19)21-16(26)7-4-8-17(21)27/h4,7-10,12,14-15H,5-6,11,13H2,1-3H3,(H,29,34)(H,30,33)/t15-/m0/s1. The van der Waals surface area contributed by atoms with Crippen molar-refractivity contribution < 1.29 is 23.1 Å². The molecular weight excluding hydrogens is 488 g/mol. The molecule has 1 atom stereocenters. The van der Waals surface area contributed by atoms with Crippen LogP contribution in [0.3, 0.4) is 0 Å². The lowest BCUT2D eigenvalue weighted by atomic mass is 10.0. The molecule has 1 aliphatic rings. The molecule has 0 unspecified atom stereocenters. The highest BCUT2D eigenvalue weighted by Crippen LogP contribution is 2.31. The van der Waals surface area contributed by atoms with Crippen LogP contribution >= 0.6 is 11.3 Å². The maximum absolute atomic E-state index is 14.1. The fourth-order valence-electron chi connectivity index (χ4n) is 3.93. The van der Waals surface area contributed by atoms with Crippen molar-refractivity contribution in [1.82, 2.24) is 15.3 Å². The Balaban J connectivity index is 1.47. The van der Waals surface area contributed by atoms with Gasteiger partial charge in [0.2, 0.25) is 0 Å². The van der Waals surface area contributed by atoms with Crippen molar-refractivity contribution in [3.8, 4) is 10.6 Å². The topological polar surface area (TPSA) is 96.5 Å². The Morgan fingerprint density at radius 2 is 1.94 bits per heavy atom. The minimum Gasteiger partial charge on any atom is -0.444 e. The summed E-state index contributed by atoms with van der Waals surface area (Å²) >= 11 is 0.982. The van der Waals surface area contributed by atoms with Gasteiger partial charge in [-0.1, -0.05) is 6.07 Å². The number of ether oxygens (including phenoxy) is 1. The van der Waals surface area contributed by atoms with Crippen LogP contribution in [0.1, 0.15) is 44.1 Å². The van der Waals surface area contributed by atoms with E-state index in [1.807, 2.05) is 20.8 Å². The number of aromatic nitrogens is 2. The van der Waals surface area contributed by atoms with Crippen LogP contribution in [0, 0.1) is 11.6 Å². The number of halogens is 2. The van der Waals surface area contributed by atoms with Gasteiger partial charge >= 0.3 is 6.09 Å². The second kappa shape index (κ2) is 10.6. The van der Waals surface area contributed by atoms with Crippen LogP contribution in [0.2, 0.25) is 0 Å². The molecule has 36 heavy (non-hydrogen) atoms. The zero-order valence-corrected chi connectivity index (χ0v) is 21.0. The maximum atomic E-state index is 14.1. The molecule has 1 aromatic carbocycles. The Kier molecular flexibility index (Phi) is 7.48. The first-order valence-corrected chi connectivity index (χ1v) is 12.4. The van der Waals surface area contributed by atoms with Crippen molar-refractivity contribution in [3.63, 3.8) is 0 Å². The Bertz CT molecular complexity index is 1240. The molecule has 190 valence electrons. The van der Waals surface area contributed by atoms with Crippen LogP contribution in [0.5, 0.6) is 0 Å². The largest absolute Gasteiger partial charge is 0.444 e. The first-order valence-electron chi connectivity index (χ1n) is 11.5. The lowest BCUT2D eigenvalue weighted by molar-refractivity contribution is 0.0500. The van der Waals surface area contributed by atoms with Gasteiger partial charge in [0.05, 0.1) is 23.1 Å². The third-order valence-electron chi connectivity index (χ3n) is 5.44. The van der Waals surface area contributed by atoms with Crippen LogP contribution in [0.25, 0.3) is 10.6 Å². The minimum atomic E-state index is -0.745. The molecule has 0 bridgehead atoms. The van der Waals surface area contributed by atoms with Gasteiger partial charge in [0, 0.05) is 30.7 Å². The zero-order valence-electron chi connectivity index (χ0n) is 20.2. The number of amides is 2. The van der Waals surface area contributed by atoms with Crippen LogP contribution in [-0.2, 0) is 4.74 Å². The molecule has 3 aromatic rings. The van der Waals surface area contributed by atoms with E-state index in [-0.39, 0.29) is 22.3 Å². The molecule has 8 nitrogen and oxygen atoms in total. The first kappa shape index (κ1) is 25.5. The summed E-state index contributed by atoms with van der Waals surface area (Å²) in [5.41, 5.74) is 0.391. The Labute approximate surface area is 211 Å². The minimum absolute atomic E-state index is 0.0376. The number of rotatable bonds is 5. The predicted octanol–water partition coefficient (Wildman–Crippen LogP) is 5.23. The van der Waals surface area contributed by atoms with E-state index in [4.69, 9.17) is 4.74 Å². The van der Waals surface area contributed by atoms with Crippen LogP contribution in [-0.4, -0.2) is 46.7 Å². The molecule has 3 heterocycles. The van der Waals surface area contributed by atoms with E-state index in [9.17, 15) is 18.4 Å². The van der Waals surface area contributed by atoms with E-state index in [0.29, 0.717) is 12.2 Å². The number of hydrogen-bond acceptors (Lipinski definition) is 7. The van der Waals surface area contributed by atoms with Crippen molar-refractivity contribution in [2.75, 3.05) is 23.3 Å². The van der Waals surface area contributed by atoms with Gasteiger partial charge in [0.1, 0.15) is 27.9 Å². The number of nitrogens with one attached hydrogen (secondary N) is 2. The number of benzene rings is 1. The van der Waals surface area contributed by atoms with Crippen molar-refractivity contribution in [2.24, 2.45) is 0 Å². The zero-order chi connectivity index (χ0) is 25.9. The number of carbonyl (C=O) groups excluding carboxylic acids is 2. The summed E-state index contributed by atoms with van der Waals surface area (Å²) in [6.07, 6.45) is 4.32. The maximum Gasteiger partial charge on any atom is 0.407 e. The summed E-state index contributed by atoms with van der Waals surface area (Å²) in [7, 11) is 0. The average molecular weight is 516 g/mol. The van der Waals surface area contributed by atoms with E-state index >= 15 is 0 Å². The fraction of sp³-hybridized carbons (Fsp3) is 0.360. The molecule has 2 aromatic heterocycles. The van der Waals surface area contributed by atoms with Gasteiger partial charge in [-0.3, -0.25) is 9.78 Å². The molecule has 11 heteroatoms. The molecule has 1 aliphatic heterocycles. The molecule has 4 rings (SSSR count). The quantitative estimate of drug-likeness (QED) is 0.483. The summed E-state index contributed by atoms with van der Waals surface area (Å²) in [6, 6.07) is 5.22. The van der Waals surface area contributed by atoms with Gasteiger partial charge < -0.3 is 20.3 Å². The number of carbonyl (C=O) groups is 2. The van der Waals surface area contributed by atoms with E-state index in [2.05, 4.69) is 25.5 Å². The lowest BCUT2D eigenvalue weighted by Gasteiger charge is -2.35. The SMILES string of the molecule is CC(C)(C)OC(=O)N[C@H]1CCCN(c2ccncc2NC(=O)c2csc(-c3c(F)cccc3F)n2)C1. The van der Waals surface area contributed by atoms with Gasteiger partial charge in [-0.2, -0.15) is 0 Å². The summed E-state index contributed by atoms with van der Waals surface area (Å²) in [4.78, 5) is 35.5. The summed E-state index contributed by atoms with van der Waals surface area (Å²) in [5, 5.41) is 7.25. The highest BCUT2D eigenvalue weighted by molar-refractivity contribution is 7.13. The predicted molar refractivity (Wildman–Crippen MR) is 134 cm³/mol. The van der Waals surface area contributed by atoms with Gasteiger partial charge in [0.15, 0.2) is 0 Å². The highest BCUT2D eigenvalue weighted by atomic mass is 32.1. The Morgan fingerprint density at radius 3 is 2.67 bits per heavy atom. The summed E-state index contributed by atoms with van der Waals surface area (Å²) in [5.74, 6) is -2.01. The number of piperidine rings is 1. The molecule has 0 aliphatic carbocycles. The lowest BCUT2D eigenvalue weighted by Crippen LogP contribution is -2.49. The van der Waals surface area contributed by atoms with Crippen LogP contribution in [0.4, 0.5) is 25.0 Å². The molecule has 2 N–H and O–H groups in total. The second-order valence-corrected chi connectivity index (χ2v) is 10.3. The van der Waals surface area contributed by atoms with E-state index in [1.54, 1.807) is 12.3 Å². The van der Waals surface area contributed by atoms with E-state index in [1.165, 1.54) is 17.6 Å². The second-order valence-electron chi connectivity index (χ2n) is 9.41. The monoisotopic (exact) mass is 515 g/mol. The fourth-order valence-corrected chi connectivity index (χ4v) is 4.78. The molecule has 1 fully saturated rings. The van der Waals surface area contributed by atoms with Gasteiger partial charge in [-0.25, -0.2) is 18.6 Å². The summed E-state index contributed by atoms with van der Waals surface area (Å²) < 4.78 is 33.6. The molecular formula is C25H27F2N5O3S. The average Bonchev–Trinajstić information content (AvgIpc) is 3.28. The van der Waals surface area contributed by atoms with Crippen LogP contribution < -0.4 is 15.5 Å². The third kappa shape index (κ3) is 6.14. The number of alkyl carbamates (subject to hydrolysis) is 1. The van der Waals surface area contributed by atoms with Gasteiger partial charge in [-0.05, 0) is 51.8 Å². The number of nitrogens with zero attached hydrogens (tertiary/aromatic N) is 3. The number of anilines is 2. The number of thiazole rings is 1. The Hall–Kier alpha value is -3.60. The molecule has 1 saturated heterocycles. The van der Waals surface area contributed by atoms with Gasteiger partial charge in [-0.15, -0.1) is 11.3 Å². The summed E-state index contributed by atoms with van der Waals surface area (Å²) in [6.45, 7) is 6.68. The molecule has 2 amide bonds. The smallest absolute Gasteiger partial charge is 0.407 e. The molecule has 0 radical (unpaired) electrons. The van der Waals surface area contributed by atoms with Gasteiger partial charge in [0.25, 0.3) is 5.91 Å². The highest BCUT2D eigenvalue weighted by Gasteiger charge is 2.26. The van der Waals surface area contributed by atoms with Crippen molar-refractivity contribution in [1.29, 1.82) is 0 Å². The van der Waals surface area contributed by atoms with Crippen molar-refractivity contribution in [3.05, 3.63) is 59.4 Å². The normalized spacial score (nSPS) is 15.9. The van der Waals surface area contributed by atoms with E-state index in [0.717, 1.165) is 48.5 Å². The number of hydrogen-bond donors (Lipinski definition) is 2. The van der Waals surface area contributed by atoms with Crippen LogP contribution in [0.15, 0.2) is 42.0 Å². The van der Waals surface area contributed by atoms with Crippen molar-refractivity contribution in [2.45, 2.75) is 45.3 Å². The molecule has 0 saturated carbocycles. The Morgan fingerprint density at radius 1 is 1.19 bits per heavy atom. The van der Waals surface area contributed by atoms with E-state index < -0.39 is 29.2 Å². The van der Waals surface area contributed by atoms with Crippen molar-refractivity contribution >= 4 is 34.7 Å². The first-order chi connectivity index (χ1) is 17.1. The number of pyridine rings is 1.